The first-order valence-corrected chi connectivity index (χ1v) is 7.16. The maximum absolute atomic E-state index is 5.66. The van der Waals surface area contributed by atoms with Crippen LogP contribution in [0.15, 0.2) is 34.7 Å². The van der Waals surface area contributed by atoms with Crippen LogP contribution in [0.25, 0.3) is 11.5 Å². The highest BCUT2D eigenvalue weighted by molar-refractivity contribution is 5.51. The molecule has 1 N–H and O–H groups in total. The van der Waals surface area contributed by atoms with Crippen molar-refractivity contribution in [2.75, 3.05) is 7.11 Å². The smallest absolute Gasteiger partial charge is 0.247 e. The summed E-state index contributed by atoms with van der Waals surface area (Å²) in [6.45, 7) is 6.83. The molecule has 2 aromatic rings. The Hall–Kier alpha value is -1.72. The number of nitrogens with zero attached hydrogens (tertiary/aromatic N) is 2. The molecule has 0 saturated heterocycles. The fourth-order valence-corrected chi connectivity index (χ4v) is 2.18. The summed E-state index contributed by atoms with van der Waals surface area (Å²) in [5, 5.41) is 11.5. The lowest BCUT2D eigenvalue weighted by molar-refractivity contribution is 0.00828. The molecule has 2 rings (SSSR count). The molecule has 21 heavy (non-hydrogen) atoms. The molecule has 1 heterocycles. The van der Waals surface area contributed by atoms with E-state index in [0.29, 0.717) is 24.4 Å². The lowest BCUT2D eigenvalue weighted by atomic mass is 10.00. The van der Waals surface area contributed by atoms with E-state index in [1.807, 2.05) is 30.3 Å². The van der Waals surface area contributed by atoms with Gasteiger partial charge in [0, 0.05) is 18.7 Å². The van der Waals surface area contributed by atoms with Crippen molar-refractivity contribution in [2.45, 2.75) is 45.4 Å². The lowest BCUT2D eigenvalue weighted by Crippen LogP contribution is -2.35. The van der Waals surface area contributed by atoms with Crippen molar-refractivity contribution in [3.63, 3.8) is 0 Å². The van der Waals surface area contributed by atoms with E-state index >= 15 is 0 Å². The Kier molecular flexibility index (Phi) is 5.09. The minimum atomic E-state index is -0.142. The van der Waals surface area contributed by atoms with Gasteiger partial charge in [-0.2, -0.15) is 0 Å². The van der Waals surface area contributed by atoms with Gasteiger partial charge < -0.3 is 14.5 Å². The molecule has 5 nitrogen and oxygen atoms in total. The maximum Gasteiger partial charge on any atom is 0.247 e. The van der Waals surface area contributed by atoms with Crippen molar-refractivity contribution in [1.29, 1.82) is 0 Å². The van der Waals surface area contributed by atoms with Crippen LogP contribution < -0.4 is 5.32 Å². The van der Waals surface area contributed by atoms with Crippen LogP contribution in [0, 0.1) is 0 Å². The first kappa shape index (κ1) is 15.7. The standard InChI is InChI=1S/C16H23N3O2/c1-12(10-16(2,3)20-4)17-11-14-18-19-15(21-14)13-8-6-5-7-9-13/h5-9,12,17H,10-11H2,1-4H3. The zero-order valence-electron chi connectivity index (χ0n) is 13.1. The van der Waals surface area contributed by atoms with Crippen molar-refractivity contribution in [1.82, 2.24) is 15.5 Å². The Morgan fingerprint density at radius 2 is 1.95 bits per heavy atom. The average molecular weight is 289 g/mol. The molecule has 1 aromatic heterocycles. The molecule has 1 atom stereocenters. The lowest BCUT2D eigenvalue weighted by Gasteiger charge is -2.26. The van der Waals surface area contributed by atoms with Gasteiger partial charge in [-0.05, 0) is 39.3 Å². The van der Waals surface area contributed by atoms with Crippen molar-refractivity contribution in [3.05, 3.63) is 36.2 Å². The number of benzene rings is 1. The normalized spacial score (nSPS) is 13.3. The van der Waals surface area contributed by atoms with Crippen LogP contribution in [0.3, 0.4) is 0 Å². The van der Waals surface area contributed by atoms with E-state index < -0.39 is 0 Å². The third kappa shape index (κ3) is 4.65. The molecular weight excluding hydrogens is 266 g/mol. The first-order valence-electron chi connectivity index (χ1n) is 7.16. The second-order valence-corrected chi connectivity index (χ2v) is 5.82. The molecule has 1 aromatic carbocycles. The van der Waals surface area contributed by atoms with Crippen LogP contribution in [-0.4, -0.2) is 29.0 Å². The number of methoxy groups -OCH3 is 1. The molecule has 114 valence electrons. The van der Waals surface area contributed by atoms with E-state index in [2.05, 4.69) is 36.3 Å². The van der Waals surface area contributed by atoms with Gasteiger partial charge in [0.15, 0.2) is 0 Å². The molecule has 5 heteroatoms. The molecule has 0 amide bonds. The average Bonchev–Trinajstić information content (AvgIpc) is 2.95. The number of ether oxygens (including phenoxy) is 1. The van der Waals surface area contributed by atoms with Crippen LogP contribution in [0.1, 0.15) is 33.1 Å². The van der Waals surface area contributed by atoms with Crippen molar-refractivity contribution in [3.8, 4) is 11.5 Å². The summed E-state index contributed by atoms with van der Waals surface area (Å²) in [5.74, 6) is 1.15. The third-order valence-corrected chi connectivity index (χ3v) is 3.44. The molecule has 0 aliphatic rings. The minimum absolute atomic E-state index is 0.142. The highest BCUT2D eigenvalue weighted by Crippen LogP contribution is 2.18. The highest BCUT2D eigenvalue weighted by Gasteiger charge is 2.20. The van der Waals surface area contributed by atoms with Gasteiger partial charge >= 0.3 is 0 Å². The van der Waals surface area contributed by atoms with Crippen molar-refractivity contribution < 1.29 is 9.15 Å². The SMILES string of the molecule is COC(C)(C)CC(C)NCc1nnc(-c2ccccc2)o1. The molecular formula is C16H23N3O2. The van der Waals surface area contributed by atoms with Crippen LogP contribution in [0.5, 0.6) is 0 Å². The summed E-state index contributed by atoms with van der Waals surface area (Å²) in [6.07, 6.45) is 0.906. The largest absolute Gasteiger partial charge is 0.419 e. The second-order valence-electron chi connectivity index (χ2n) is 5.82. The van der Waals surface area contributed by atoms with Gasteiger partial charge in [0.05, 0.1) is 12.1 Å². The number of hydrogen-bond donors (Lipinski definition) is 1. The van der Waals surface area contributed by atoms with Crippen LogP contribution in [0.2, 0.25) is 0 Å². The van der Waals surface area contributed by atoms with E-state index in [1.165, 1.54) is 0 Å². The van der Waals surface area contributed by atoms with E-state index in [9.17, 15) is 0 Å². The molecule has 0 radical (unpaired) electrons. The summed E-state index contributed by atoms with van der Waals surface area (Å²) in [7, 11) is 1.73. The van der Waals surface area contributed by atoms with E-state index in [0.717, 1.165) is 12.0 Å². The van der Waals surface area contributed by atoms with Gasteiger partial charge in [-0.1, -0.05) is 18.2 Å². The number of nitrogens with one attached hydrogen (secondary N) is 1. The Labute approximate surface area is 125 Å². The predicted molar refractivity (Wildman–Crippen MR) is 81.7 cm³/mol. The molecule has 0 aliphatic carbocycles. The van der Waals surface area contributed by atoms with Crippen LogP contribution in [0.4, 0.5) is 0 Å². The van der Waals surface area contributed by atoms with Gasteiger partial charge in [-0.3, -0.25) is 0 Å². The molecule has 0 bridgehead atoms. The van der Waals surface area contributed by atoms with Gasteiger partial charge in [-0.25, -0.2) is 0 Å². The van der Waals surface area contributed by atoms with E-state index in [-0.39, 0.29) is 5.60 Å². The molecule has 1 unspecified atom stereocenters. The summed E-state index contributed by atoms with van der Waals surface area (Å²) in [6, 6.07) is 10.1. The number of aromatic nitrogens is 2. The summed E-state index contributed by atoms with van der Waals surface area (Å²) in [4.78, 5) is 0. The molecule has 0 saturated carbocycles. The summed E-state index contributed by atoms with van der Waals surface area (Å²) in [5.41, 5.74) is 0.793. The van der Waals surface area contributed by atoms with Crippen LogP contribution >= 0.6 is 0 Å². The second kappa shape index (κ2) is 6.83. The van der Waals surface area contributed by atoms with Gasteiger partial charge in [0.1, 0.15) is 0 Å². The van der Waals surface area contributed by atoms with Crippen molar-refractivity contribution >= 4 is 0 Å². The van der Waals surface area contributed by atoms with E-state index in [4.69, 9.17) is 9.15 Å². The van der Waals surface area contributed by atoms with Gasteiger partial charge in [-0.15, -0.1) is 10.2 Å². The van der Waals surface area contributed by atoms with Crippen molar-refractivity contribution in [2.24, 2.45) is 0 Å². The Bertz CT molecular complexity index is 552. The maximum atomic E-state index is 5.66. The van der Waals surface area contributed by atoms with Crippen LogP contribution in [-0.2, 0) is 11.3 Å². The fourth-order valence-electron chi connectivity index (χ4n) is 2.18. The zero-order chi connectivity index (χ0) is 15.3. The molecule has 0 aliphatic heterocycles. The van der Waals surface area contributed by atoms with Gasteiger partial charge in [0.25, 0.3) is 0 Å². The predicted octanol–water partition coefficient (Wildman–Crippen LogP) is 3.03. The summed E-state index contributed by atoms with van der Waals surface area (Å²) < 4.78 is 11.1. The minimum Gasteiger partial charge on any atom is -0.419 e. The first-order chi connectivity index (χ1) is 10.00. The summed E-state index contributed by atoms with van der Waals surface area (Å²) >= 11 is 0. The van der Waals surface area contributed by atoms with Gasteiger partial charge in [0.2, 0.25) is 11.8 Å². The number of rotatable bonds is 7. The highest BCUT2D eigenvalue weighted by atomic mass is 16.5. The topological polar surface area (TPSA) is 60.2 Å². The Morgan fingerprint density at radius 3 is 2.62 bits per heavy atom. The molecule has 0 spiro atoms. The molecule has 0 fully saturated rings. The number of hydrogen-bond acceptors (Lipinski definition) is 5. The quantitative estimate of drug-likeness (QED) is 0.849. The monoisotopic (exact) mass is 289 g/mol. The Balaban J connectivity index is 1.89. The van der Waals surface area contributed by atoms with E-state index in [1.54, 1.807) is 7.11 Å². The third-order valence-electron chi connectivity index (χ3n) is 3.44. The fraction of sp³-hybridized carbons (Fsp3) is 0.500. The Morgan fingerprint density at radius 1 is 1.24 bits per heavy atom. The zero-order valence-corrected chi connectivity index (χ0v) is 13.1.